The van der Waals surface area contributed by atoms with Crippen LogP contribution in [0, 0.1) is 5.92 Å². The molecule has 2 heteroatoms. The molecule has 2 nitrogen and oxygen atoms in total. The SMILES string of the molecule is CNCc1ccccc1CN(CC(C)C)C1CCCC1. The molecule has 1 saturated carbocycles. The Morgan fingerprint density at radius 1 is 1.15 bits per heavy atom. The fraction of sp³-hybridized carbons (Fsp3) is 0.667. The molecule has 0 heterocycles. The number of hydrogen-bond acceptors (Lipinski definition) is 2. The molecule has 0 amide bonds. The average Bonchev–Trinajstić information content (AvgIpc) is 2.94. The number of hydrogen-bond donors (Lipinski definition) is 1. The molecular formula is C18H30N2. The van der Waals surface area contributed by atoms with Gasteiger partial charge < -0.3 is 5.32 Å². The summed E-state index contributed by atoms with van der Waals surface area (Å²) in [6.45, 7) is 7.97. The number of rotatable bonds is 7. The third-order valence-corrected chi connectivity index (χ3v) is 4.30. The molecule has 1 aromatic carbocycles. The maximum absolute atomic E-state index is 3.29. The molecule has 0 aliphatic heterocycles. The van der Waals surface area contributed by atoms with Crippen molar-refractivity contribution in [1.29, 1.82) is 0 Å². The fourth-order valence-corrected chi connectivity index (χ4v) is 3.37. The molecule has 1 aromatic rings. The Hall–Kier alpha value is -0.860. The van der Waals surface area contributed by atoms with Gasteiger partial charge in [-0.15, -0.1) is 0 Å². The first-order chi connectivity index (χ1) is 9.70. The third-order valence-electron chi connectivity index (χ3n) is 4.30. The highest BCUT2D eigenvalue weighted by Gasteiger charge is 2.23. The minimum Gasteiger partial charge on any atom is -0.316 e. The molecule has 0 spiro atoms. The van der Waals surface area contributed by atoms with Crippen LogP contribution >= 0.6 is 0 Å². The van der Waals surface area contributed by atoms with Gasteiger partial charge in [0.2, 0.25) is 0 Å². The second-order valence-electron chi connectivity index (χ2n) is 6.56. The summed E-state index contributed by atoms with van der Waals surface area (Å²) in [5.41, 5.74) is 2.94. The highest BCUT2D eigenvalue weighted by atomic mass is 15.2. The Morgan fingerprint density at radius 3 is 2.40 bits per heavy atom. The molecule has 1 N–H and O–H groups in total. The van der Waals surface area contributed by atoms with Gasteiger partial charge in [0, 0.05) is 25.7 Å². The molecule has 0 radical (unpaired) electrons. The van der Waals surface area contributed by atoms with Gasteiger partial charge in [0.15, 0.2) is 0 Å². The Labute approximate surface area is 124 Å². The van der Waals surface area contributed by atoms with Crippen LogP contribution in [0.2, 0.25) is 0 Å². The monoisotopic (exact) mass is 274 g/mol. The molecule has 1 aliphatic rings. The Kier molecular flexibility index (Phi) is 6.06. The lowest BCUT2D eigenvalue weighted by Crippen LogP contribution is -2.36. The second-order valence-corrected chi connectivity index (χ2v) is 6.56. The van der Waals surface area contributed by atoms with Gasteiger partial charge in [-0.1, -0.05) is 51.0 Å². The highest BCUT2D eigenvalue weighted by molar-refractivity contribution is 5.27. The zero-order valence-electron chi connectivity index (χ0n) is 13.4. The predicted octanol–water partition coefficient (Wildman–Crippen LogP) is 3.81. The van der Waals surface area contributed by atoms with Crippen molar-refractivity contribution in [3.05, 3.63) is 35.4 Å². The van der Waals surface area contributed by atoms with Crippen molar-refractivity contribution in [2.75, 3.05) is 13.6 Å². The Bertz CT molecular complexity index is 394. The van der Waals surface area contributed by atoms with Crippen LogP contribution in [0.25, 0.3) is 0 Å². The van der Waals surface area contributed by atoms with Gasteiger partial charge in [-0.3, -0.25) is 4.90 Å². The van der Waals surface area contributed by atoms with Crippen molar-refractivity contribution >= 4 is 0 Å². The van der Waals surface area contributed by atoms with E-state index in [4.69, 9.17) is 0 Å². The molecule has 0 atom stereocenters. The van der Waals surface area contributed by atoms with E-state index in [1.54, 1.807) is 0 Å². The predicted molar refractivity (Wildman–Crippen MR) is 86.7 cm³/mol. The highest BCUT2D eigenvalue weighted by Crippen LogP contribution is 2.26. The molecule has 0 saturated heterocycles. The molecule has 112 valence electrons. The Morgan fingerprint density at radius 2 is 1.80 bits per heavy atom. The molecular weight excluding hydrogens is 244 g/mol. The van der Waals surface area contributed by atoms with Gasteiger partial charge in [0.25, 0.3) is 0 Å². The zero-order chi connectivity index (χ0) is 14.4. The second kappa shape index (κ2) is 7.80. The van der Waals surface area contributed by atoms with Crippen LogP contribution in [0.1, 0.15) is 50.7 Å². The topological polar surface area (TPSA) is 15.3 Å². The normalized spacial score (nSPS) is 16.4. The van der Waals surface area contributed by atoms with Crippen LogP contribution in [0.5, 0.6) is 0 Å². The van der Waals surface area contributed by atoms with Gasteiger partial charge in [-0.05, 0) is 36.9 Å². The van der Waals surface area contributed by atoms with Gasteiger partial charge in [0.05, 0.1) is 0 Å². The maximum atomic E-state index is 3.29. The number of nitrogens with one attached hydrogen (secondary N) is 1. The number of nitrogens with zero attached hydrogens (tertiary/aromatic N) is 1. The van der Waals surface area contributed by atoms with Crippen molar-refractivity contribution in [2.45, 2.75) is 58.7 Å². The lowest BCUT2D eigenvalue weighted by Gasteiger charge is -2.31. The van der Waals surface area contributed by atoms with Crippen molar-refractivity contribution < 1.29 is 0 Å². The van der Waals surface area contributed by atoms with E-state index >= 15 is 0 Å². The largest absolute Gasteiger partial charge is 0.316 e. The quantitative estimate of drug-likeness (QED) is 0.813. The van der Waals surface area contributed by atoms with E-state index in [1.807, 2.05) is 7.05 Å². The van der Waals surface area contributed by atoms with Gasteiger partial charge in [-0.2, -0.15) is 0 Å². The van der Waals surface area contributed by atoms with Crippen molar-refractivity contribution in [3.63, 3.8) is 0 Å². The lowest BCUT2D eigenvalue weighted by atomic mass is 10.0. The molecule has 0 unspecified atom stereocenters. The minimum absolute atomic E-state index is 0.743. The molecule has 2 rings (SSSR count). The van der Waals surface area contributed by atoms with Crippen molar-refractivity contribution in [3.8, 4) is 0 Å². The van der Waals surface area contributed by atoms with Crippen LogP contribution in [-0.2, 0) is 13.1 Å². The summed E-state index contributed by atoms with van der Waals surface area (Å²) in [4.78, 5) is 2.73. The van der Waals surface area contributed by atoms with Crippen molar-refractivity contribution in [1.82, 2.24) is 10.2 Å². The summed E-state index contributed by atoms with van der Waals surface area (Å²) in [6.07, 6.45) is 5.61. The van der Waals surface area contributed by atoms with E-state index < -0.39 is 0 Å². The summed E-state index contributed by atoms with van der Waals surface area (Å²) < 4.78 is 0. The van der Waals surface area contributed by atoms with Crippen LogP contribution in [-0.4, -0.2) is 24.5 Å². The standard InChI is InChI=1S/C18H30N2/c1-15(2)13-20(18-10-6-7-11-18)14-17-9-5-4-8-16(17)12-19-3/h4-5,8-9,15,18-19H,6-7,10-14H2,1-3H3. The minimum atomic E-state index is 0.743. The van der Waals surface area contributed by atoms with Crippen LogP contribution < -0.4 is 5.32 Å². The van der Waals surface area contributed by atoms with Crippen LogP contribution in [0.3, 0.4) is 0 Å². The first kappa shape index (κ1) is 15.5. The first-order valence-corrected chi connectivity index (χ1v) is 8.16. The summed E-state index contributed by atoms with van der Waals surface area (Å²) in [6, 6.07) is 9.69. The van der Waals surface area contributed by atoms with E-state index in [1.165, 1.54) is 43.4 Å². The number of benzene rings is 1. The van der Waals surface area contributed by atoms with Crippen LogP contribution in [0.15, 0.2) is 24.3 Å². The summed E-state index contributed by atoms with van der Waals surface area (Å²) in [7, 11) is 2.03. The molecule has 20 heavy (non-hydrogen) atoms. The lowest BCUT2D eigenvalue weighted by molar-refractivity contribution is 0.168. The van der Waals surface area contributed by atoms with Gasteiger partial charge in [0.1, 0.15) is 0 Å². The maximum Gasteiger partial charge on any atom is 0.0240 e. The van der Waals surface area contributed by atoms with Crippen molar-refractivity contribution in [2.24, 2.45) is 5.92 Å². The summed E-state index contributed by atoms with van der Waals surface area (Å²) in [5, 5.41) is 3.29. The average molecular weight is 274 g/mol. The molecule has 0 aromatic heterocycles. The van der Waals surface area contributed by atoms with Gasteiger partial charge >= 0.3 is 0 Å². The fourth-order valence-electron chi connectivity index (χ4n) is 3.37. The molecule has 1 aliphatic carbocycles. The Balaban J connectivity index is 2.09. The smallest absolute Gasteiger partial charge is 0.0240 e. The van der Waals surface area contributed by atoms with Gasteiger partial charge in [-0.25, -0.2) is 0 Å². The summed E-state index contributed by atoms with van der Waals surface area (Å²) >= 11 is 0. The third kappa shape index (κ3) is 4.32. The van der Waals surface area contributed by atoms with E-state index in [9.17, 15) is 0 Å². The molecule has 1 fully saturated rings. The van der Waals surface area contributed by atoms with Crippen LogP contribution in [0.4, 0.5) is 0 Å². The zero-order valence-corrected chi connectivity index (χ0v) is 13.4. The molecule has 0 bridgehead atoms. The van der Waals surface area contributed by atoms with E-state index in [-0.39, 0.29) is 0 Å². The van der Waals surface area contributed by atoms with E-state index in [2.05, 4.69) is 48.3 Å². The van der Waals surface area contributed by atoms with E-state index in [0.717, 1.165) is 25.0 Å². The van der Waals surface area contributed by atoms with E-state index in [0.29, 0.717) is 0 Å². The first-order valence-electron chi connectivity index (χ1n) is 8.16. The summed E-state index contributed by atoms with van der Waals surface area (Å²) in [5.74, 6) is 0.743.